The standard InChI is InChI=1S/C31H41Cl3N4O2/c1-35(2)30(40)31(38-15-5-4-6-16-38)13-18-37(19-14-31)17-12-25(23-10-11-27(33)28(34)21-23)22-36(3)29(39)24-8-7-9-26(32)20-24/h7-11,20-21,25H,4-6,12-19,22H2,1-3H3. The fourth-order valence-electron chi connectivity index (χ4n) is 6.27. The first-order valence-electron chi connectivity index (χ1n) is 14.3. The van der Waals surface area contributed by atoms with Gasteiger partial charge in [-0.2, -0.15) is 0 Å². The smallest absolute Gasteiger partial charge is 0.253 e. The molecular formula is C31H41Cl3N4O2. The Bertz CT molecular complexity index is 1180. The van der Waals surface area contributed by atoms with Gasteiger partial charge >= 0.3 is 0 Å². The molecule has 1 atom stereocenters. The number of hydrogen-bond donors (Lipinski definition) is 0. The van der Waals surface area contributed by atoms with Gasteiger partial charge in [0.25, 0.3) is 5.91 Å². The Labute approximate surface area is 254 Å². The van der Waals surface area contributed by atoms with Gasteiger partial charge < -0.3 is 14.7 Å². The van der Waals surface area contributed by atoms with E-state index in [1.807, 2.05) is 39.3 Å². The fraction of sp³-hybridized carbons (Fsp3) is 0.548. The second-order valence-corrected chi connectivity index (χ2v) is 12.7. The molecule has 0 aliphatic carbocycles. The van der Waals surface area contributed by atoms with Crippen molar-refractivity contribution in [1.82, 2.24) is 19.6 Å². The number of likely N-dealkylation sites (tertiary alicyclic amines) is 2. The van der Waals surface area contributed by atoms with E-state index in [1.165, 1.54) is 19.3 Å². The highest BCUT2D eigenvalue weighted by atomic mass is 35.5. The highest BCUT2D eigenvalue weighted by molar-refractivity contribution is 6.42. The zero-order valence-electron chi connectivity index (χ0n) is 23.8. The Morgan fingerprint density at radius 2 is 1.60 bits per heavy atom. The van der Waals surface area contributed by atoms with Gasteiger partial charge in [-0.15, -0.1) is 0 Å². The maximum Gasteiger partial charge on any atom is 0.253 e. The van der Waals surface area contributed by atoms with Crippen molar-refractivity contribution < 1.29 is 9.59 Å². The molecule has 6 nitrogen and oxygen atoms in total. The van der Waals surface area contributed by atoms with Gasteiger partial charge in [-0.1, -0.05) is 53.4 Å². The highest BCUT2D eigenvalue weighted by Crippen LogP contribution is 2.34. The highest BCUT2D eigenvalue weighted by Gasteiger charge is 2.47. The zero-order valence-corrected chi connectivity index (χ0v) is 26.1. The molecule has 1 unspecified atom stereocenters. The Kier molecular flexibility index (Phi) is 10.8. The van der Waals surface area contributed by atoms with Crippen LogP contribution in [0.5, 0.6) is 0 Å². The lowest BCUT2D eigenvalue weighted by Crippen LogP contribution is -2.64. The van der Waals surface area contributed by atoms with E-state index in [-0.39, 0.29) is 17.7 Å². The van der Waals surface area contributed by atoms with E-state index in [1.54, 1.807) is 34.1 Å². The van der Waals surface area contributed by atoms with Gasteiger partial charge in [-0.25, -0.2) is 0 Å². The van der Waals surface area contributed by atoms with E-state index in [0.717, 1.165) is 57.5 Å². The number of carbonyl (C=O) groups excluding carboxylic acids is 2. The molecule has 2 aromatic carbocycles. The monoisotopic (exact) mass is 606 g/mol. The van der Waals surface area contributed by atoms with E-state index in [9.17, 15) is 9.59 Å². The third-order valence-electron chi connectivity index (χ3n) is 8.57. The molecule has 0 N–H and O–H groups in total. The molecule has 2 saturated heterocycles. The summed E-state index contributed by atoms with van der Waals surface area (Å²) in [6.45, 7) is 5.17. The van der Waals surface area contributed by atoms with Gasteiger partial charge in [0.1, 0.15) is 5.54 Å². The minimum Gasteiger partial charge on any atom is -0.347 e. The van der Waals surface area contributed by atoms with Gasteiger partial charge in [0.15, 0.2) is 0 Å². The van der Waals surface area contributed by atoms with Gasteiger partial charge in [-0.05, 0) is 87.6 Å². The largest absolute Gasteiger partial charge is 0.347 e. The SMILES string of the molecule is CN(C)C(=O)C1(N2CCCCC2)CCN(CCC(CN(C)C(=O)c2cccc(Cl)c2)c2ccc(Cl)c(Cl)c2)CC1. The number of hydrogen-bond acceptors (Lipinski definition) is 4. The van der Waals surface area contributed by atoms with Crippen LogP contribution in [0.4, 0.5) is 0 Å². The molecule has 0 aromatic heterocycles. The van der Waals surface area contributed by atoms with Gasteiger partial charge in [0.05, 0.1) is 10.0 Å². The number of amides is 2. The lowest BCUT2D eigenvalue weighted by atomic mass is 9.82. The minimum atomic E-state index is -0.396. The van der Waals surface area contributed by atoms with E-state index >= 15 is 0 Å². The fourth-order valence-corrected chi connectivity index (χ4v) is 6.77. The lowest BCUT2D eigenvalue weighted by molar-refractivity contribution is -0.147. The van der Waals surface area contributed by atoms with Gasteiger partial charge in [-0.3, -0.25) is 14.5 Å². The molecule has 0 radical (unpaired) electrons. The van der Waals surface area contributed by atoms with Crippen LogP contribution < -0.4 is 0 Å². The number of halogens is 3. The van der Waals surface area contributed by atoms with Crippen molar-refractivity contribution in [1.29, 1.82) is 0 Å². The van der Waals surface area contributed by atoms with E-state index in [4.69, 9.17) is 34.8 Å². The van der Waals surface area contributed by atoms with Crippen LogP contribution >= 0.6 is 34.8 Å². The Morgan fingerprint density at radius 1 is 0.900 bits per heavy atom. The van der Waals surface area contributed by atoms with Crippen LogP contribution in [-0.2, 0) is 4.79 Å². The molecule has 2 aromatic rings. The summed E-state index contributed by atoms with van der Waals surface area (Å²) in [6, 6.07) is 12.8. The van der Waals surface area contributed by atoms with Crippen molar-refractivity contribution in [3.8, 4) is 0 Å². The van der Waals surface area contributed by atoms with Crippen LogP contribution in [0.3, 0.4) is 0 Å². The summed E-state index contributed by atoms with van der Waals surface area (Å²) in [5.41, 5.74) is 1.23. The first-order valence-corrected chi connectivity index (χ1v) is 15.4. The zero-order chi connectivity index (χ0) is 28.9. The van der Waals surface area contributed by atoms with Crippen LogP contribution in [0.1, 0.15) is 60.4 Å². The minimum absolute atomic E-state index is 0.0695. The summed E-state index contributed by atoms with van der Waals surface area (Å²) in [6.07, 6.45) is 6.11. The summed E-state index contributed by atoms with van der Waals surface area (Å²) < 4.78 is 0. The van der Waals surface area contributed by atoms with Crippen LogP contribution in [-0.4, -0.2) is 97.4 Å². The second kappa shape index (κ2) is 13.9. The molecule has 2 fully saturated rings. The van der Waals surface area contributed by atoms with Crippen molar-refractivity contribution in [3.63, 3.8) is 0 Å². The normalized spacial score (nSPS) is 18.8. The van der Waals surface area contributed by atoms with Crippen molar-refractivity contribution >= 4 is 46.6 Å². The predicted molar refractivity (Wildman–Crippen MR) is 165 cm³/mol. The quantitative estimate of drug-likeness (QED) is 0.336. The number of piperidine rings is 2. The third kappa shape index (κ3) is 7.32. The van der Waals surface area contributed by atoms with E-state index in [0.29, 0.717) is 27.2 Å². The number of rotatable bonds is 9. The van der Waals surface area contributed by atoms with E-state index in [2.05, 4.69) is 9.80 Å². The summed E-state index contributed by atoms with van der Waals surface area (Å²) in [7, 11) is 5.58. The van der Waals surface area contributed by atoms with Gasteiger partial charge in [0.2, 0.25) is 5.91 Å². The molecule has 9 heteroatoms. The van der Waals surface area contributed by atoms with Crippen molar-refractivity contribution in [2.24, 2.45) is 0 Å². The second-order valence-electron chi connectivity index (χ2n) is 11.5. The van der Waals surface area contributed by atoms with Crippen LogP contribution in [0, 0.1) is 0 Å². The van der Waals surface area contributed by atoms with Crippen molar-refractivity contribution in [3.05, 3.63) is 68.7 Å². The molecule has 218 valence electrons. The number of nitrogens with zero attached hydrogens (tertiary/aromatic N) is 4. The third-order valence-corrected chi connectivity index (χ3v) is 9.54. The molecule has 2 amide bonds. The first-order chi connectivity index (χ1) is 19.1. The summed E-state index contributed by atoms with van der Waals surface area (Å²) in [5.74, 6) is 0.239. The average Bonchev–Trinajstić information content (AvgIpc) is 2.96. The molecule has 0 spiro atoms. The molecule has 2 heterocycles. The number of carbonyl (C=O) groups is 2. The Morgan fingerprint density at radius 3 is 2.23 bits per heavy atom. The Balaban J connectivity index is 1.45. The van der Waals surface area contributed by atoms with Crippen LogP contribution in [0.2, 0.25) is 15.1 Å². The summed E-state index contributed by atoms with van der Waals surface area (Å²) in [4.78, 5) is 35.1. The molecule has 2 aliphatic heterocycles. The number of likely N-dealkylation sites (N-methyl/N-ethyl adjacent to an activating group) is 2. The number of benzene rings is 2. The van der Waals surface area contributed by atoms with E-state index < -0.39 is 5.54 Å². The molecular weight excluding hydrogens is 567 g/mol. The summed E-state index contributed by atoms with van der Waals surface area (Å²) >= 11 is 18.8. The molecule has 4 rings (SSSR count). The first kappa shape index (κ1) is 31.1. The van der Waals surface area contributed by atoms with Crippen LogP contribution in [0.15, 0.2) is 42.5 Å². The summed E-state index contributed by atoms with van der Waals surface area (Å²) in [5, 5.41) is 1.57. The predicted octanol–water partition coefficient (Wildman–Crippen LogP) is 6.30. The van der Waals surface area contributed by atoms with Gasteiger partial charge in [0, 0.05) is 57.3 Å². The lowest BCUT2D eigenvalue weighted by Gasteiger charge is -2.50. The maximum atomic E-state index is 13.5. The van der Waals surface area contributed by atoms with Crippen LogP contribution in [0.25, 0.3) is 0 Å². The average molecular weight is 608 g/mol. The Hall–Kier alpha value is -1.83. The molecule has 0 bridgehead atoms. The van der Waals surface area contributed by atoms with Crippen molar-refractivity contribution in [2.45, 2.75) is 50.0 Å². The molecule has 2 aliphatic rings. The van der Waals surface area contributed by atoms with Crippen molar-refractivity contribution in [2.75, 3.05) is 60.4 Å². The maximum absolute atomic E-state index is 13.5. The topological polar surface area (TPSA) is 47.1 Å². The molecule has 0 saturated carbocycles. The molecule has 40 heavy (non-hydrogen) atoms.